The highest BCUT2D eigenvalue weighted by atomic mass is 15.2. The van der Waals surface area contributed by atoms with Crippen LogP contribution in [-0.2, 0) is 0 Å². The van der Waals surface area contributed by atoms with Crippen LogP contribution in [0.3, 0.4) is 0 Å². The first-order valence-corrected chi connectivity index (χ1v) is 6.24. The van der Waals surface area contributed by atoms with Gasteiger partial charge in [0.2, 0.25) is 0 Å². The zero-order valence-corrected chi connectivity index (χ0v) is 10.7. The van der Waals surface area contributed by atoms with E-state index in [-0.39, 0.29) is 0 Å². The van der Waals surface area contributed by atoms with Crippen molar-refractivity contribution in [2.45, 2.75) is 18.9 Å². The van der Waals surface area contributed by atoms with Crippen molar-refractivity contribution in [2.24, 2.45) is 0 Å². The summed E-state index contributed by atoms with van der Waals surface area (Å²) < 4.78 is 0. The first-order chi connectivity index (χ1) is 8.18. The second-order valence-electron chi connectivity index (χ2n) is 4.86. The van der Waals surface area contributed by atoms with Crippen LogP contribution in [0.2, 0.25) is 0 Å². The van der Waals surface area contributed by atoms with Crippen molar-refractivity contribution in [2.75, 3.05) is 27.2 Å². The Balaban J connectivity index is 2.00. The molecule has 1 aliphatic heterocycles. The van der Waals surface area contributed by atoms with Crippen LogP contribution in [0.4, 0.5) is 0 Å². The summed E-state index contributed by atoms with van der Waals surface area (Å²) in [4.78, 5) is 4.48. The quantitative estimate of drug-likeness (QED) is 0.623. The predicted octanol–water partition coefficient (Wildman–Crippen LogP) is 2.04. The summed E-state index contributed by atoms with van der Waals surface area (Å²) in [5, 5.41) is 8.23. The van der Waals surface area contributed by atoms with Crippen molar-refractivity contribution in [1.29, 1.82) is 5.41 Å². The number of hydrogen-bond donors (Lipinski definition) is 1. The van der Waals surface area contributed by atoms with E-state index in [1.54, 1.807) is 0 Å². The van der Waals surface area contributed by atoms with Crippen LogP contribution in [0.15, 0.2) is 30.3 Å². The molecule has 1 fully saturated rings. The van der Waals surface area contributed by atoms with Crippen molar-refractivity contribution in [3.8, 4) is 0 Å². The Kier molecular flexibility index (Phi) is 3.79. The van der Waals surface area contributed by atoms with E-state index in [0.717, 1.165) is 31.5 Å². The molecule has 0 amide bonds. The summed E-state index contributed by atoms with van der Waals surface area (Å²) in [6, 6.07) is 10.5. The van der Waals surface area contributed by atoms with Crippen LogP contribution in [0, 0.1) is 5.41 Å². The van der Waals surface area contributed by atoms with Gasteiger partial charge in [0.15, 0.2) is 0 Å². The molecule has 17 heavy (non-hydrogen) atoms. The maximum Gasteiger partial charge on any atom is 0.128 e. The third-order valence-corrected chi connectivity index (χ3v) is 3.64. The second kappa shape index (κ2) is 5.32. The molecule has 1 N–H and O–H groups in total. The highest BCUT2D eigenvalue weighted by Crippen LogP contribution is 2.16. The van der Waals surface area contributed by atoms with Crippen LogP contribution < -0.4 is 0 Å². The molecular formula is C14H21N3. The number of likely N-dealkylation sites (tertiary alicyclic amines) is 1. The van der Waals surface area contributed by atoms with E-state index >= 15 is 0 Å². The summed E-state index contributed by atoms with van der Waals surface area (Å²) in [6.45, 7) is 2.27. The average Bonchev–Trinajstić information content (AvgIpc) is 2.39. The number of rotatable bonds is 2. The van der Waals surface area contributed by atoms with E-state index in [2.05, 4.69) is 16.8 Å². The van der Waals surface area contributed by atoms with Gasteiger partial charge < -0.3 is 9.80 Å². The molecule has 1 aromatic carbocycles. The molecule has 0 radical (unpaired) electrons. The Labute approximate surface area is 104 Å². The van der Waals surface area contributed by atoms with E-state index in [9.17, 15) is 0 Å². The summed E-state index contributed by atoms with van der Waals surface area (Å²) in [7, 11) is 4.21. The maximum absolute atomic E-state index is 8.23. The molecule has 92 valence electrons. The molecule has 1 aromatic rings. The Bertz CT molecular complexity index is 366. The highest BCUT2D eigenvalue weighted by molar-refractivity contribution is 5.96. The lowest BCUT2D eigenvalue weighted by Crippen LogP contribution is -2.44. The summed E-state index contributed by atoms with van der Waals surface area (Å²) in [5.74, 6) is 0.639. The average molecular weight is 231 g/mol. The second-order valence-corrected chi connectivity index (χ2v) is 4.86. The number of nitrogens with one attached hydrogen (secondary N) is 1. The molecule has 1 aliphatic rings. The minimum absolute atomic E-state index is 0.513. The van der Waals surface area contributed by atoms with Gasteiger partial charge in [-0.2, -0.15) is 0 Å². The van der Waals surface area contributed by atoms with Crippen LogP contribution >= 0.6 is 0 Å². The first-order valence-electron chi connectivity index (χ1n) is 6.24. The normalized spacial score (nSPS) is 18.0. The van der Waals surface area contributed by atoms with Gasteiger partial charge in [-0.25, -0.2) is 0 Å². The zero-order valence-electron chi connectivity index (χ0n) is 10.7. The van der Waals surface area contributed by atoms with E-state index in [4.69, 9.17) is 5.41 Å². The summed E-state index contributed by atoms with van der Waals surface area (Å²) in [5.41, 5.74) is 1.01. The number of nitrogens with zero attached hydrogens (tertiary/aromatic N) is 2. The zero-order chi connectivity index (χ0) is 12.3. The molecule has 0 bridgehead atoms. The molecule has 1 saturated heterocycles. The fourth-order valence-electron chi connectivity index (χ4n) is 2.36. The minimum atomic E-state index is 0.513. The smallest absolute Gasteiger partial charge is 0.128 e. The van der Waals surface area contributed by atoms with Crippen molar-refractivity contribution < 1.29 is 0 Å². The van der Waals surface area contributed by atoms with Crippen LogP contribution in [0.5, 0.6) is 0 Å². The van der Waals surface area contributed by atoms with Gasteiger partial charge >= 0.3 is 0 Å². The van der Waals surface area contributed by atoms with Crippen molar-refractivity contribution in [3.05, 3.63) is 35.9 Å². The van der Waals surface area contributed by atoms with Crippen LogP contribution in [-0.4, -0.2) is 48.9 Å². The lowest BCUT2D eigenvalue weighted by Gasteiger charge is -2.36. The molecule has 0 aliphatic carbocycles. The monoisotopic (exact) mass is 231 g/mol. The van der Waals surface area contributed by atoms with Gasteiger partial charge in [-0.15, -0.1) is 0 Å². The summed E-state index contributed by atoms with van der Waals surface area (Å²) >= 11 is 0. The number of benzene rings is 1. The lowest BCUT2D eigenvalue weighted by molar-refractivity contribution is 0.192. The lowest BCUT2D eigenvalue weighted by atomic mass is 10.0. The Morgan fingerprint density at radius 2 is 1.82 bits per heavy atom. The van der Waals surface area contributed by atoms with Crippen LogP contribution in [0.1, 0.15) is 18.4 Å². The molecular weight excluding hydrogens is 210 g/mol. The molecule has 0 saturated carbocycles. The molecule has 0 atom stereocenters. The van der Waals surface area contributed by atoms with Crippen LogP contribution in [0.25, 0.3) is 0 Å². The molecule has 3 heteroatoms. The van der Waals surface area contributed by atoms with Gasteiger partial charge in [-0.3, -0.25) is 5.41 Å². The largest absolute Gasteiger partial charge is 0.357 e. The molecule has 0 spiro atoms. The van der Waals surface area contributed by atoms with E-state index in [0.29, 0.717) is 11.9 Å². The molecule has 1 heterocycles. The molecule has 2 rings (SSSR count). The Morgan fingerprint density at radius 3 is 2.41 bits per heavy atom. The third-order valence-electron chi connectivity index (χ3n) is 3.64. The number of amidine groups is 1. The van der Waals surface area contributed by atoms with E-state index in [1.807, 2.05) is 37.4 Å². The first kappa shape index (κ1) is 12.1. The third kappa shape index (κ3) is 2.86. The maximum atomic E-state index is 8.23. The Hall–Kier alpha value is -1.35. The summed E-state index contributed by atoms with van der Waals surface area (Å²) in [6.07, 6.45) is 2.31. The molecule has 0 aromatic heterocycles. The molecule has 3 nitrogen and oxygen atoms in total. The van der Waals surface area contributed by atoms with Crippen molar-refractivity contribution >= 4 is 5.84 Å². The SMILES string of the molecule is CN1CCC(N(C)C(=N)c2ccccc2)CC1. The fraction of sp³-hybridized carbons (Fsp3) is 0.500. The fourth-order valence-corrected chi connectivity index (χ4v) is 2.36. The van der Waals surface area contributed by atoms with Gasteiger partial charge in [0.05, 0.1) is 0 Å². The minimum Gasteiger partial charge on any atom is -0.357 e. The van der Waals surface area contributed by atoms with E-state index in [1.165, 1.54) is 0 Å². The number of piperidine rings is 1. The standard InChI is InChI=1S/C14H21N3/c1-16-10-8-13(9-11-16)17(2)14(15)12-6-4-3-5-7-12/h3-7,13,15H,8-11H2,1-2H3. The van der Waals surface area contributed by atoms with Crippen molar-refractivity contribution in [1.82, 2.24) is 9.80 Å². The van der Waals surface area contributed by atoms with Gasteiger partial charge in [-0.1, -0.05) is 30.3 Å². The number of hydrogen-bond acceptors (Lipinski definition) is 2. The topological polar surface area (TPSA) is 30.3 Å². The van der Waals surface area contributed by atoms with E-state index < -0.39 is 0 Å². The Morgan fingerprint density at radius 1 is 1.24 bits per heavy atom. The van der Waals surface area contributed by atoms with Gasteiger partial charge in [-0.05, 0) is 33.0 Å². The van der Waals surface area contributed by atoms with Crippen molar-refractivity contribution in [3.63, 3.8) is 0 Å². The predicted molar refractivity (Wildman–Crippen MR) is 71.6 cm³/mol. The highest BCUT2D eigenvalue weighted by Gasteiger charge is 2.22. The van der Waals surface area contributed by atoms with Gasteiger partial charge in [0.1, 0.15) is 5.84 Å². The van der Waals surface area contributed by atoms with Gasteiger partial charge in [0, 0.05) is 18.7 Å². The molecule has 0 unspecified atom stereocenters. The van der Waals surface area contributed by atoms with Gasteiger partial charge in [0.25, 0.3) is 0 Å².